The summed E-state index contributed by atoms with van der Waals surface area (Å²) < 4.78 is 0. The number of hydrogen-bond acceptors (Lipinski definition) is 3. The predicted molar refractivity (Wildman–Crippen MR) is 55.3 cm³/mol. The Labute approximate surface area is 87.4 Å². The third-order valence-corrected chi connectivity index (χ3v) is 2.18. The van der Waals surface area contributed by atoms with E-state index in [9.17, 15) is 10.2 Å². The van der Waals surface area contributed by atoms with Gasteiger partial charge in [-0.1, -0.05) is 0 Å². The summed E-state index contributed by atoms with van der Waals surface area (Å²) in [4.78, 5) is 2.13. The van der Waals surface area contributed by atoms with E-state index in [0.29, 0.717) is 0 Å². The first-order valence-electron chi connectivity index (χ1n) is 3.89. The molecule has 3 nitrogen and oxygen atoms in total. The van der Waals surface area contributed by atoms with Crippen molar-refractivity contribution in [3.8, 4) is 11.5 Å². The van der Waals surface area contributed by atoms with Crippen LogP contribution < -0.4 is 0 Å². The fourth-order valence-corrected chi connectivity index (χ4v) is 1.60. The minimum absolute atomic E-state index is 0. The van der Waals surface area contributed by atoms with Gasteiger partial charge in [-0.3, -0.25) is 4.90 Å². The van der Waals surface area contributed by atoms with Crippen LogP contribution in [0, 0.1) is 0 Å². The molecule has 0 aliphatic carbocycles. The van der Waals surface area contributed by atoms with Crippen molar-refractivity contribution in [2.45, 2.75) is 13.1 Å². The van der Waals surface area contributed by atoms with Gasteiger partial charge in [0.25, 0.3) is 0 Å². The Morgan fingerprint density at radius 3 is 1.85 bits per heavy atom. The molecule has 0 saturated carbocycles. The minimum atomic E-state index is -0.0240. The number of halogens is 1. The number of hydrogen-bond donors (Lipinski definition) is 2. The number of benzene rings is 1. The molecule has 1 heterocycles. The highest BCUT2D eigenvalue weighted by Gasteiger charge is 2.17. The number of rotatable bonds is 0. The lowest BCUT2D eigenvalue weighted by atomic mass is 10.1. The Morgan fingerprint density at radius 1 is 1.08 bits per heavy atom. The molecule has 0 spiro atoms. The van der Waals surface area contributed by atoms with Crippen LogP contribution in [0.5, 0.6) is 11.5 Å². The lowest BCUT2D eigenvalue weighted by Gasteiger charge is -2.02. The molecule has 0 amide bonds. The van der Waals surface area contributed by atoms with Gasteiger partial charge in [0.05, 0.1) is 0 Å². The van der Waals surface area contributed by atoms with Crippen molar-refractivity contribution in [2.75, 3.05) is 7.05 Å². The first-order chi connectivity index (χ1) is 5.66. The van der Waals surface area contributed by atoms with Gasteiger partial charge in [-0.2, -0.15) is 0 Å². The second-order valence-corrected chi connectivity index (χ2v) is 3.28. The van der Waals surface area contributed by atoms with Crippen molar-refractivity contribution in [3.63, 3.8) is 0 Å². The standard InChI is InChI=1S/C9H11NO2.BrH/c1-10-4-6-2-8(11)9(12)3-7(6)5-10;/h2-3,11-12H,4-5H2,1H3;1H. The highest BCUT2D eigenvalue weighted by molar-refractivity contribution is 8.93. The van der Waals surface area contributed by atoms with Crippen LogP contribution in [0.25, 0.3) is 0 Å². The zero-order valence-electron chi connectivity index (χ0n) is 7.32. The summed E-state index contributed by atoms with van der Waals surface area (Å²) in [6.45, 7) is 1.70. The fourth-order valence-electron chi connectivity index (χ4n) is 1.60. The summed E-state index contributed by atoms with van der Waals surface area (Å²) >= 11 is 0. The molecule has 0 atom stereocenters. The normalized spacial score (nSPS) is 15.2. The molecule has 0 aromatic heterocycles. The van der Waals surface area contributed by atoms with Crippen molar-refractivity contribution in [3.05, 3.63) is 23.3 Å². The topological polar surface area (TPSA) is 43.7 Å². The predicted octanol–water partition coefficient (Wildman–Crippen LogP) is 1.62. The van der Waals surface area contributed by atoms with Crippen LogP contribution in [0.3, 0.4) is 0 Å². The second-order valence-electron chi connectivity index (χ2n) is 3.28. The average molecular weight is 246 g/mol. The fraction of sp³-hybridized carbons (Fsp3) is 0.333. The number of nitrogens with zero attached hydrogens (tertiary/aromatic N) is 1. The number of phenolic OH excluding ortho intramolecular Hbond substituents is 2. The molecule has 0 saturated heterocycles. The van der Waals surface area contributed by atoms with Crippen LogP contribution in [0.15, 0.2) is 12.1 Å². The van der Waals surface area contributed by atoms with Crippen LogP contribution >= 0.6 is 17.0 Å². The van der Waals surface area contributed by atoms with E-state index < -0.39 is 0 Å². The van der Waals surface area contributed by atoms with Crippen molar-refractivity contribution in [1.82, 2.24) is 4.90 Å². The molecular formula is C9H12BrNO2. The molecular weight excluding hydrogens is 234 g/mol. The van der Waals surface area contributed by atoms with Gasteiger partial charge in [-0.25, -0.2) is 0 Å². The molecule has 0 bridgehead atoms. The number of aromatic hydroxyl groups is 2. The van der Waals surface area contributed by atoms with Gasteiger partial charge in [0, 0.05) is 13.1 Å². The quantitative estimate of drug-likeness (QED) is 0.683. The highest BCUT2D eigenvalue weighted by Crippen LogP contribution is 2.32. The van der Waals surface area contributed by atoms with Crippen LogP contribution in [0.2, 0.25) is 0 Å². The van der Waals surface area contributed by atoms with Crippen LogP contribution in [-0.2, 0) is 13.1 Å². The molecule has 2 rings (SSSR count). The van der Waals surface area contributed by atoms with Gasteiger partial charge in [-0.05, 0) is 30.3 Å². The molecule has 0 unspecified atom stereocenters. The molecule has 1 aromatic rings. The van der Waals surface area contributed by atoms with Crippen LogP contribution in [0.4, 0.5) is 0 Å². The molecule has 4 heteroatoms. The molecule has 1 aromatic carbocycles. The summed E-state index contributed by atoms with van der Waals surface area (Å²) in [7, 11) is 2.01. The van der Waals surface area contributed by atoms with E-state index in [2.05, 4.69) is 4.90 Å². The average Bonchev–Trinajstić information content (AvgIpc) is 2.30. The third kappa shape index (κ3) is 1.78. The Kier molecular flexibility index (Phi) is 2.83. The van der Waals surface area contributed by atoms with E-state index in [4.69, 9.17) is 0 Å². The summed E-state index contributed by atoms with van der Waals surface area (Å²) in [5.74, 6) is -0.0481. The SMILES string of the molecule is Br.CN1Cc2cc(O)c(O)cc2C1. The molecule has 1 aliphatic rings. The summed E-state index contributed by atoms with van der Waals surface area (Å²) in [6, 6.07) is 3.27. The lowest BCUT2D eigenvalue weighted by Crippen LogP contribution is -2.07. The Hall–Kier alpha value is -0.740. The summed E-state index contributed by atoms with van der Waals surface area (Å²) in [5, 5.41) is 18.4. The Balaban J connectivity index is 0.000000845. The van der Waals surface area contributed by atoms with E-state index in [-0.39, 0.29) is 28.5 Å². The zero-order chi connectivity index (χ0) is 8.72. The molecule has 2 N–H and O–H groups in total. The van der Waals surface area contributed by atoms with Gasteiger partial charge in [0.15, 0.2) is 11.5 Å². The lowest BCUT2D eigenvalue weighted by molar-refractivity contribution is 0.353. The van der Waals surface area contributed by atoms with Gasteiger partial charge in [0.2, 0.25) is 0 Å². The minimum Gasteiger partial charge on any atom is -0.504 e. The Bertz CT molecular complexity index is 297. The van der Waals surface area contributed by atoms with Crippen LogP contribution in [-0.4, -0.2) is 22.2 Å². The molecule has 0 fully saturated rings. The highest BCUT2D eigenvalue weighted by atomic mass is 79.9. The van der Waals surface area contributed by atoms with Gasteiger partial charge < -0.3 is 10.2 Å². The van der Waals surface area contributed by atoms with Crippen molar-refractivity contribution in [1.29, 1.82) is 0 Å². The maximum absolute atomic E-state index is 9.20. The van der Waals surface area contributed by atoms with E-state index >= 15 is 0 Å². The number of fused-ring (bicyclic) bond motifs is 1. The van der Waals surface area contributed by atoms with E-state index in [1.165, 1.54) is 0 Å². The molecule has 1 aliphatic heterocycles. The molecule has 13 heavy (non-hydrogen) atoms. The van der Waals surface area contributed by atoms with E-state index in [1.807, 2.05) is 7.05 Å². The van der Waals surface area contributed by atoms with Gasteiger partial charge in [0.1, 0.15) is 0 Å². The molecule has 72 valence electrons. The molecule has 0 radical (unpaired) electrons. The zero-order valence-corrected chi connectivity index (χ0v) is 9.03. The second kappa shape index (κ2) is 3.55. The number of phenols is 2. The first-order valence-corrected chi connectivity index (χ1v) is 3.89. The van der Waals surface area contributed by atoms with Gasteiger partial charge in [-0.15, -0.1) is 17.0 Å². The van der Waals surface area contributed by atoms with E-state index in [1.54, 1.807) is 12.1 Å². The monoisotopic (exact) mass is 245 g/mol. The first kappa shape index (κ1) is 10.3. The third-order valence-electron chi connectivity index (χ3n) is 2.18. The van der Waals surface area contributed by atoms with Crippen molar-refractivity contribution in [2.24, 2.45) is 0 Å². The van der Waals surface area contributed by atoms with Crippen LogP contribution in [0.1, 0.15) is 11.1 Å². The van der Waals surface area contributed by atoms with Crippen molar-refractivity contribution >= 4 is 17.0 Å². The van der Waals surface area contributed by atoms with Gasteiger partial charge >= 0.3 is 0 Å². The van der Waals surface area contributed by atoms with E-state index in [0.717, 1.165) is 24.2 Å². The maximum atomic E-state index is 9.20. The van der Waals surface area contributed by atoms with Crippen molar-refractivity contribution < 1.29 is 10.2 Å². The largest absolute Gasteiger partial charge is 0.504 e. The Morgan fingerprint density at radius 2 is 1.46 bits per heavy atom. The maximum Gasteiger partial charge on any atom is 0.157 e. The summed E-state index contributed by atoms with van der Waals surface area (Å²) in [6.07, 6.45) is 0. The smallest absolute Gasteiger partial charge is 0.157 e. The summed E-state index contributed by atoms with van der Waals surface area (Å²) in [5.41, 5.74) is 2.21.